The zero-order chi connectivity index (χ0) is 15.4. The molecule has 2 rings (SSSR count). The van der Waals surface area contributed by atoms with E-state index in [9.17, 15) is 4.79 Å². The quantitative estimate of drug-likeness (QED) is 0.932. The highest BCUT2D eigenvalue weighted by Crippen LogP contribution is 2.25. The molecule has 0 spiro atoms. The van der Waals surface area contributed by atoms with Gasteiger partial charge in [-0.2, -0.15) is 5.26 Å². The Bertz CT molecular complexity index is 692. The zero-order valence-electron chi connectivity index (χ0n) is 11.8. The highest BCUT2D eigenvalue weighted by molar-refractivity contribution is 5.87. The number of benzene rings is 1. The molecule has 0 amide bonds. The SMILES string of the molecule is Cc1cc(C#N)cc(C)c1OCc1ccc(C(=O)O)cn1. The van der Waals surface area contributed by atoms with Crippen molar-refractivity contribution in [2.45, 2.75) is 20.5 Å². The van der Waals surface area contributed by atoms with Gasteiger partial charge in [0.25, 0.3) is 0 Å². The summed E-state index contributed by atoms with van der Waals surface area (Å²) in [6.45, 7) is 4.00. The van der Waals surface area contributed by atoms with Gasteiger partial charge in [0.15, 0.2) is 0 Å². The molecule has 21 heavy (non-hydrogen) atoms. The molecule has 0 saturated heterocycles. The fourth-order valence-electron chi connectivity index (χ4n) is 2.02. The first-order valence-electron chi connectivity index (χ1n) is 6.33. The van der Waals surface area contributed by atoms with Crippen LogP contribution in [0.2, 0.25) is 0 Å². The van der Waals surface area contributed by atoms with Crippen molar-refractivity contribution >= 4 is 5.97 Å². The molecule has 5 heteroatoms. The lowest BCUT2D eigenvalue weighted by atomic mass is 10.1. The number of rotatable bonds is 4. The van der Waals surface area contributed by atoms with Crippen molar-refractivity contribution in [3.8, 4) is 11.8 Å². The minimum absolute atomic E-state index is 0.143. The summed E-state index contributed by atoms with van der Waals surface area (Å²) in [6, 6.07) is 8.75. The number of aryl methyl sites for hydroxylation is 2. The number of carbonyl (C=O) groups is 1. The number of pyridine rings is 1. The Balaban J connectivity index is 2.13. The summed E-state index contributed by atoms with van der Waals surface area (Å²) in [5, 5.41) is 17.7. The monoisotopic (exact) mass is 282 g/mol. The average Bonchev–Trinajstić information content (AvgIpc) is 2.46. The minimum atomic E-state index is -1.01. The Morgan fingerprint density at radius 3 is 2.48 bits per heavy atom. The number of hydrogen-bond acceptors (Lipinski definition) is 4. The van der Waals surface area contributed by atoms with Gasteiger partial charge in [0, 0.05) is 6.20 Å². The first-order valence-corrected chi connectivity index (χ1v) is 6.33. The van der Waals surface area contributed by atoms with E-state index in [-0.39, 0.29) is 12.2 Å². The molecule has 0 radical (unpaired) electrons. The maximum absolute atomic E-state index is 10.7. The summed E-state index contributed by atoms with van der Waals surface area (Å²) in [5.74, 6) is -0.285. The van der Waals surface area contributed by atoms with Crippen molar-refractivity contribution in [1.82, 2.24) is 4.98 Å². The number of hydrogen-bond donors (Lipinski definition) is 1. The molecule has 0 aliphatic rings. The van der Waals surface area contributed by atoms with Crippen LogP contribution in [0.5, 0.6) is 5.75 Å². The van der Waals surface area contributed by atoms with Gasteiger partial charge in [0.2, 0.25) is 0 Å². The fraction of sp³-hybridized carbons (Fsp3) is 0.188. The molecule has 106 valence electrons. The predicted octanol–water partition coefficient (Wildman–Crippen LogP) is 2.85. The molecule has 0 aliphatic heterocycles. The molecule has 0 aliphatic carbocycles. The van der Waals surface area contributed by atoms with Crippen molar-refractivity contribution < 1.29 is 14.6 Å². The topological polar surface area (TPSA) is 83.2 Å². The lowest BCUT2D eigenvalue weighted by molar-refractivity contribution is 0.0696. The third kappa shape index (κ3) is 3.37. The van der Waals surface area contributed by atoms with Crippen LogP contribution in [0, 0.1) is 25.2 Å². The smallest absolute Gasteiger partial charge is 0.337 e. The predicted molar refractivity (Wildman–Crippen MR) is 76.2 cm³/mol. The van der Waals surface area contributed by atoms with Crippen molar-refractivity contribution in [2.75, 3.05) is 0 Å². The van der Waals surface area contributed by atoms with Crippen LogP contribution >= 0.6 is 0 Å². The molecule has 1 N–H and O–H groups in total. The van der Waals surface area contributed by atoms with E-state index in [0.717, 1.165) is 16.9 Å². The van der Waals surface area contributed by atoms with E-state index in [4.69, 9.17) is 15.1 Å². The highest BCUT2D eigenvalue weighted by Gasteiger charge is 2.08. The number of nitrogens with zero attached hydrogens (tertiary/aromatic N) is 2. The molecule has 0 fully saturated rings. The second-order valence-corrected chi connectivity index (χ2v) is 4.68. The van der Waals surface area contributed by atoms with Crippen LogP contribution < -0.4 is 4.74 Å². The average molecular weight is 282 g/mol. The second kappa shape index (κ2) is 6.06. The minimum Gasteiger partial charge on any atom is -0.487 e. The number of ether oxygens (including phenoxy) is 1. The van der Waals surface area contributed by atoms with E-state index in [2.05, 4.69) is 11.1 Å². The Labute approximate surface area is 122 Å². The van der Waals surface area contributed by atoms with Crippen LogP contribution in [0.3, 0.4) is 0 Å². The van der Waals surface area contributed by atoms with Crippen LogP contribution in [0.4, 0.5) is 0 Å². The van der Waals surface area contributed by atoms with Gasteiger partial charge in [-0.05, 0) is 49.2 Å². The zero-order valence-corrected chi connectivity index (χ0v) is 11.8. The first-order chi connectivity index (χ1) is 10.0. The molecule has 2 aromatic rings. The number of nitriles is 1. The lowest BCUT2D eigenvalue weighted by Crippen LogP contribution is -2.03. The van der Waals surface area contributed by atoms with Crippen molar-refractivity contribution in [3.63, 3.8) is 0 Å². The summed E-state index contributed by atoms with van der Waals surface area (Å²) in [4.78, 5) is 14.8. The Hall–Kier alpha value is -2.87. The maximum Gasteiger partial charge on any atom is 0.337 e. The van der Waals surface area contributed by atoms with Crippen molar-refractivity contribution in [3.05, 3.63) is 58.4 Å². The van der Waals surface area contributed by atoms with Gasteiger partial charge in [-0.25, -0.2) is 4.79 Å². The largest absolute Gasteiger partial charge is 0.487 e. The van der Waals surface area contributed by atoms with Gasteiger partial charge >= 0.3 is 5.97 Å². The normalized spacial score (nSPS) is 9.95. The standard InChI is InChI=1S/C16H14N2O3/c1-10-5-12(7-17)6-11(2)15(10)21-9-14-4-3-13(8-18-14)16(19)20/h3-6,8H,9H2,1-2H3,(H,19,20). The molecule has 0 bridgehead atoms. The number of aromatic carboxylic acids is 1. The molecule has 0 unspecified atom stereocenters. The summed E-state index contributed by atoms with van der Waals surface area (Å²) < 4.78 is 5.73. The lowest BCUT2D eigenvalue weighted by Gasteiger charge is -2.12. The van der Waals surface area contributed by atoms with E-state index in [1.54, 1.807) is 18.2 Å². The fourth-order valence-corrected chi connectivity index (χ4v) is 2.02. The van der Waals surface area contributed by atoms with Crippen LogP contribution in [-0.4, -0.2) is 16.1 Å². The molecule has 1 aromatic carbocycles. The van der Waals surface area contributed by atoms with Crippen molar-refractivity contribution in [2.24, 2.45) is 0 Å². The molecule has 0 saturated carbocycles. The van der Waals surface area contributed by atoms with Crippen LogP contribution in [0.1, 0.15) is 32.7 Å². The first kappa shape index (κ1) is 14.5. The summed E-state index contributed by atoms with van der Waals surface area (Å²) in [7, 11) is 0. The third-order valence-electron chi connectivity index (χ3n) is 3.03. The molecule has 1 aromatic heterocycles. The second-order valence-electron chi connectivity index (χ2n) is 4.68. The van der Waals surface area contributed by atoms with Gasteiger partial charge < -0.3 is 9.84 Å². The maximum atomic E-state index is 10.7. The molecule has 5 nitrogen and oxygen atoms in total. The summed E-state index contributed by atoms with van der Waals surface area (Å²) in [5.41, 5.74) is 3.15. The highest BCUT2D eigenvalue weighted by atomic mass is 16.5. The van der Waals surface area contributed by atoms with Crippen LogP contribution in [0.25, 0.3) is 0 Å². The summed E-state index contributed by atoms with van der Waals surface area (Å²) in [6.07, 6.45) is 1.31. The Kier molecular flexibility index (Phi) is 4.19. The molecular formula is C16H14N2O3. The number of carboxylic acids is 1. The Morgan fingerprint density at radius 1 is 1.33 bits per heavy atom. The van der Waals surface area contributed by atoms with E-state index < -0.39 is 5.97 Å². The summed E-state index contributed by atoms with van der Waals surface area (Å²) >= 11 is 0. The van der Waals surface area contributed by atoms with Gasteiger partial charge in [-0.15, -0.1) is 0 Å². The third-order valence-corrected chi connectivity index (χ3v) is 3.03. The number of aromatic nitrogens is 1. The molecule has 1 heterocycles. The van der Waals surface area contributed by atoms with Gasteiger partial charge in [0.05, 0.1) is 22.9 Å². The van der Waals surface area contributed by atoms with E-state index in [1.165, 1.54) is 12.3 Å². The van der Waals surface area contributed by atoms with Gasteiger partial charge in [-0.1, -0.05) is 0 Å². The number of carboxylic acid groups (broad SMARTS) is 1. The molecular weight excluding hydrogens is 268 g/mol. The van der Waals surface area contributed by atoms with Gasteiger partial charge in [-0.3, -0.25) is 4.98 Å². The Morgan fingerprint density at radius 2 is 2.00 bits per heavy atom. The van der Waals surface area contributed by atoms with Crippen LogP contribution in [-0.2, 0) is 6.61 Å². The van der Waals surface area contributed by atoms with E-state index in [0.29, 0.717) is 11.3 Å². The molecule has 0 atom stereocenters. The van der Waals surface area contributed by atoms with Gasteiger partial charge in [0.1, 0.15) is 12.4 Å². The van der Waals surface area contributed by atoms with Crippen LogP contribution in [0.15, 0.2) is 30.5 Å². The van der Waals surface area contributed by atoms with Crippen molar-refractivity contribution in [1.29, 1.82) is 5.26 Å². The van der Waals surface area contributed by atoms with E-state index in [1.807, 2.05) is 13.8 Å². The van der Waals surface area contributed by atoms with E-state index >= 15 is 0 Å².